The molecule has 1 aliphatic carbocycles. The largest absolute Gasteiger partial charge is 0.472 e. The van der Waals surface area contributed by atoms with E-state index in [4.69, 9.17) is 4.42 Å². The van der Waals surface area contributed by atoms with Gasteiger partial charge in [0.2, 0.25) is 0 Å². The Labute approximate surface area is 72.4 Å². The van der Waals surface area contributed by atoms with E-state index in [2.05, 4.69) is 26.0 Å². The van der Waals surface area contributed by atoms with Crippen molar-refractivity contribution in [1.29, 1.82) is 0 Å². The summed E-state index contributed by atoms with van der Waals surface area (Å²) in [5.74, 6) is 0.570. The van der Waals surface area contributed by atoms with Gasteiger partial charge in [0, 0.05) is 5.56 Å². The number of hydrogen-bond acceptors (Lipinski definition) is 1. The Bertz CT molecular complexity index is 346. The van der Waals surface area contributed by atoms with Crippen molar-refractivity contribution < 1.29 is 4.42 Å². The highest BCUT2D eigenvalue weighted by Crippen LogP contribution is 2.32. The summed E-state index contributed by atoms with van der Waals surface area (Å²) in [5.41, 5.74) is 3.88. The Balaban J connectivity index is 2.60. The van der Waals surface area contributed by atoms with E-state index in [1.807, 2.05) is 12.3 Å². The lowest BCUT2D eigenvalue weighted by molar-refractivity contribution is 0.551. The molecule has 0 amide bonds. The van der Waals surface area contributed by atoms with Crippen LogP contribution >= 0.6 is 0 Å². The van der Waals surface area contributed by atoms with Crippen molar-refractivity contribution in [3.8, 4) is 11.1 Å². The highest BCUT2D eigenvalue weighted by Gasteiger charge is 2.11. The van der Waals surface area contributed by atoms with Gasteiger partial charge in [0.25, 0.3) is 0 Å². The van der Waals surface area contributed by atoms with Crippen molar-refractivity contribution in [1.82, 2.24) is 0 Å². The molecule has 1 heterocycles. The fraction of sp³-hybridized carbons (Fsp3) is 0.273. The maximum atomic E-state index is 5.14. The first kappa shape index (κ1) is 7.41. The average molecular weight is 160 g/mol. The summed E-state index contributed by atoms with van der Waals surface area (Å²) >= 11 is 0. The number of fused-ring (bicyclic) bond motifs is 1. The minimum absolute atomic E-state index is 0.570. The average Bonchev–Trinajstić information content (AvgIpc) is 2.47. The highest BCUT2D eigenvalue weighted by molar-refractivity contribution is 5.69. The van der Waals surface area contributed by atoms with Crippen molar-refractivity contribution >= 4 is 0 Å². The van der Waals surface area contributed by atoms with Gasteiger partial charge in [0.05, 0.1) is 12.5 Å². The highest BCUT2D eigenvalue weighted by atomic mass is 16.3. The van der Waals surface area contributed by atoms with Crippen molar-refractivity contribution in [3.05, 3.63) is 36.3 Å². The SMILES string of the molecule is CC(C)c1ccc2ccocc1-2. The van der Waals surface area contributed by atoms with Crippen molar-refractivity contribution in [3.63, 3.8) is 0 Å². The van der Waals surface area contributed by atoms with Gasteiger partial charge in [-0.2, -0.15) is 0 Å². The van der Waals surface area contributed by atoms with E-state index in [1.54, 1.807) is 6.26 Å². The molecule has 0 aromatic rings. The maximum absolute atomic E-state index is 5.14. The monoisotopic (exact) mass is 160 g/mol. The van der Waals surface area contributed by atoms with Crippen LogP contribution in [0.2, 0.25) is 0 Å². The van der Waals surface area contributed by atoms with E-state index in [0.717, 1.165) is 0 Å². The lowest BCUT2D eigenvalue weighted by Gasteiger charge is -2.05. The van der Waals surface area contributed by atoms with Crippen molar-refractivity contribution in [2.45, 2.75) is 19.8 Å². The quantitative estimate of drug-likeness (QED) is 0.622. The smallest absolute Gasteiger partial charge is 0.0982 e. The molecule has 0 aromatic heterocycles. The summed E-state index contributed by atoms with van der Waals surface area (Å²) in [6, 6.07) is 6.31. The minimum Gasteiger partial charge on any atom is -0.472 e. The standard InChI is InChI=1S/C11H12O/c1-8(2)10-4-3-9-5-6-12-7-11(9)10/h3-8H,1-2H3. The van der Waals surface area contributed by atoms with Crippen LogP contribution in [0.1, 0.15) is 25.3 Å². The second-order valence-corrected chi connectivity index (χ2v) is 3.37. The van der Waals surface area contributed by atoms with Crippen LogP contribution < -0.4 is 0 Å². The third kappa shape index (κ3) is 1.02. The molecule has 0 bridgehead atoms. The molecule has 0 atom stereocenters. The molecule has 12 heavy (non-hydrogen) atoms. The molecule has 0 radical (unpaired) electrons. The summed E-state index contributed by atoms with van der Waals surface area (Å²) in [6.45, 7) is 4.39. The van der Waals surface area contributed by atoms with Crippen LogP contribution in [0.25, 0.3) is 11.1 Å². The van der Waals surface area contributed by atoms with Crippen LogP contribution in [0, 0.1) is 0 Å². The number of hydrogen-bond donors (Lipinski definition) is 0. The zero-order chi connectivity index (χ0) is 8.55. The maximum Gasteiger partial charge on any atom is 0.0982 e. The Kier molecular flexibility index (Phi) is 1.65. The van der Waals surface area contributed by atoms with E-state index < -0.39 is 0 Å². The summed E-state index contributed by atoms with van der Waals surface area (Å²) in [5, 5.41) is 0. The van der Waals surface area contributed by atoms with Gasteiger partial charge in [-0.1, -0.05) is 26.0 Å². The summed E-state index contributed by atoms with van der Waals surface area (Å²) in [4.78, 5) is 0. The van der Waals surface area contributed by atoms with E-state index in [0.29, 0.717) is 5.92 Å². The normalized spacial score (nSPS) is 11.2. The molecule has 62 valence electrons. The summed E-state index contributed by atoms with van der Waals surface area (Å²) < 4.78 is 5.14. The summed E-state index contributed by atoms with van der Waals surface area (Å²) in [7, 11) is 0. The third-order valence-electron chi connectivity index (χ3n) is 2.20. The molecule has 0 saturated carbocycles. The lowest BCUT2D eigenvalue weighted by Crippen LogP contribution is -1.85. The zero-order valence-corrected chi connectivity index (χ0v) is 7.37. The van der Waals surface area contributed by atoms with E-state index in [-0.39, 0.29) is 0 Å². The van der Waals surface area contributed by atoms with Gasteiger partial charge in [-0.15, -0.1) is 0 Å². The van der Waals surface area contributed by atoms with Gasteiger partial charge >= 0.3 is 0 Å². The number of rotatable bonds is 1. The predicted molar refractivity (Wildman–Crippen MR) is 49.4 cm³/mol. The van der Waals surface area contributed by atoms with Gasteiger partial charge in [-0.05, 0) is 23.1 Å². The van der Waals surface area contributed by atoms with E-state index >= 15 is 0 Å². The molecule has 1 nitrogen and oxygen atoms in total. The van der Waals surface area contributed by atoms with E-state index in [1.165, 1.54) is 16.7 Å². The summed E-state index contributed by atoms with van der Waals surface area (Å²) in [6.07, 6.45) is 3.54. The topological polar surface area (TPSA) is 13.1 Å². The first-order chi connectivity index (χ1) is 5.79. The third-order valence-corrected chi connectivity index (χ3v) is 2.20. The van der Waals surface area contributed by atoms with Crippen molar-refractivity contribution in [2.75, 3.05) is 0 Å². The van der Waals surface area contributed by atoms with Gasteiger partial charge in [0.15, 0.2) is 0 Å². The Morgan fingerprint density at radius 3 is 2.75 bits per heavy atom. The van der Waals surface area contributed by atoms with Crippen LogP contribution in [0.15, 0.2) is 35.1 Å². The zero-order valence-electron chi connectivity index (χ0n) is 7.37. The Hall–Kier alpha value is -1.24. The molecule has 1 aliphatic heterocycles. The second kappa shape index (κ2) is 2.67. The molecule has 2 aliphatic rings. The first-order valence-corrected chi connectivity index (χ1v) is 4.24. The van der Waals surface area contributed by atoms with Crippen LogP contribution in [-0.2, 0) is 0 Å². The fourth-order valence-electron chi connectivity index (χ4n) is 1.53. The second-order valence-electron chi connectivity index (χ2n) is 3.37. The molecular weight excluding hydrogens is 148 g/mol. The molecular formula is C11H12O. The van der Waals surface area contributed by atoms with Crippen LogP contribution in [0.4, 0.5) is 0 Å². The predicted octanol–water partition coefficient (Wildman–Crippen LogP) is 3.51. The van der Waals surface area contributed by atoms with Gasteiger partial charge < -0.3 is 4.42 Å². The Morgan fingerprint density at radius 2 is 2.00 bits per heavy atom. The van der Waals surface area contributed by atoms with Gasteiger partial charge in [-0.25, -0.2) is 0 Å². The molecule has 0 N–H and O–H groups in total. The Morgan fingerprint density at radius 1 is 1.17 bits per heavy atom. The fourth-order valence-corrected chi connectivity index (χ4v) is 1.53. The molecule has 0 fully saturated rings. The molecule has 0 spiro atoms. The molecule has 1 heteroatoms. The molecule has 0 aromatic carbocycles. The van der Waals surface area contributed by atoms with Crippen molar-refractivity contribution in [2.24, 2.45) is 0 Å². The minimum atomic E-state index is 0.570. The van der Waals surface area contributed by atoms with Crippen LogP contribution in [0.3, 0.4) is 0 Å². The van der Waals surface area contributed by atoms with Crippen LogP contribution in [-0.4, -0.2) is 0 Å². The molecule has 2 rings (SSSR count). The lowest BCUT2D eigenvalue weighted by atomic mass is 10.0. The van der Waals surface area contributed by atoms with E-state index in [9.17, 15) is 0 Å². The molecule has 0 saturated heterocycles. The van der Waals surface area contributed by atoms with Crippen LogP contribution in [0.5, 0.6) is 0 Å². The molecule has 0 unspecified atom stereocenters. The van der Waals surface area contributed by atoms with Gasteiger partial charge in [0.1, 0.15) is 0 Å². The van der Waals surface area contributed by atoms with Gasteiger partial charge in [-0.3, -0.25) is 0 Å². The first-order valence-electron chi connectivity index (χ1n) is 4.24.